The summed E-state index contributed by atoms with van der Waals surface area (Å²) in [5.41, 5.74) is 3.66. The molecule has 0 radical (unpaired) electrons. The minimum Gasteiger partial charge on any atom is -2.00 e. The Bertz CT molecular complexity index is 1630. The van der Waals surface area contributed by atoms with E-state index in [9.17, 15) is 0 Å². The number of carboxylic acid groups (broad SMARTS) is 8. The summed E-state index contributed by atoms with van der Waals surface area (Å²) < 4.78 is 18.2. The number of carbonyl (C=O) groups excluding carboxylic acids is 4. The molecule has 4 N–H and O–H groups in total. The zero-order valence-corrected chi connectivity index (χ0v) is 45.9. The molecular formula is C38H50Mn4N4O24P2. The smallest absolute Gasteiger partial charge is 2.00 e. The van der Waals surface area contributed by atoms with Crippen molar-refractivity contribution >= 4 is 62.9 Å². The Morgan fingerprint density at radius 1 is 0.361 bits per heavy atom. The molecule has 0 bridgehead atoms. The third-order valence-electron chi connectivity index (χ3n) is 3.18. The van der Waals surface area contributed by atoms with E-state index in [1.807, 2.05) is 72.8 Å². The van der Waals surface area contributed by atoms with Crippen LogP contribution in [-0.2, 0) is 127 Å². The molecular weight excluding hydrogens is 1180 g/mol. The van der Waals surface area contributed by atoms with E-state index in [1.165, 1.54) is 0 Å². The largest absolute Gasteiger partial charge is 3.00 e. The van der Waals surface area contributed by atoms with Gasteiger partial charge in [-0.05, 0) is 89.6 Å². The van der Waals surface area contributed by atoms with Crippen LogP contribution in [0.2, 0.25) is 0 Å². The molecule has 4 rings (SSSR count). The Balaban J connectivity index is -0.0000000438. The summed E-state index contributed by atoms with van der Waals surface area (Å²) in [7, 11) is -8.28. The van der Waals surface area contributed by atoms with E-state index in [4.69, 9.17) is 108 Å². The van der Waals surface area contributed by atoms with E-state index in [0.717, 1.165) is 78.2 Å². The Morgan fingerprint density at radius 3 is 0.500 bits per heavy atom. The van der Waals surface area contributed by atoms with Gasteiger partial charge in [-0.1, -0.05) is 39.5 Å². The first kappa shape index (κ1) is 104. The molecule has 0 saturated carbocycles. The molecule has 0 aliphatic carbocycles. The van der Waals surface area contributed by atoms with Crippen LogP contribution < -0.4 is 40.0 Å². The number of hydrogen-bond acceptors (Lipinski definition) is 22. The van der Waals surface area contributed by atoms with E-state index in [0.29, 0.717) is 13.3 Å². The monoisotopic (exact) mass is 1230 g/mol. The Kier molecular flexibility index (Phi) is 101. The van der Waals surface area contributed by atoms with Crippen molar-refractivity contribution in [1.29, 1.82) is 0 Å². The molecule has 4 heterocycles. The number of aliphatic carboxylic acids is 8. The van der Waals surface area contributed by atoms with Gasteiger partial charge in [-0.2, -0.15) is 0 Å². The van der Waals surface area contributed by atoms with E-state index in [1.54, 1.807) is 24.8 Å². The van der Waals surface area contributed by atoms with Crippen molar-refractivity contribution < 1.29 is 187 Å². The van der Waals surface area contributed by atoms with Gasteiger partial charge in [0.15, 0.2) is 0 Å². The van der Waals surface area contributed by atoms with Crippen molar-refractivity contribution in [1.82, 2.24) is 19.9 Å². The molecule has 0 spiro atoms. The molecule has 0 aliphatic heterocycles. The topological polar surface area (TPSA) is 545 Å². The van der Waals surface area contributed by atoms with Crippen LogP contribution >= 0.6 is 15.2 Å². The quantitative estimate of drug-likeness (QED) is 0.112. The average Bonchev–Trinajstić information content (AvgIpc) is 3.10. The summed E-state index contributed by atoms with van der Waals surface area (Å²) >= 11 is 0. The molecule has 28 nitrogen and oxygen atoms in total. The normalized spacial score (nSPS) is 7.64. The standard InChI is InChI=1S/2C10H8N2.8C2H4O2.2CH5O3P.4Mn.2O/c2*1-3-7-11-9(5-1)10-6-2-4-8-12-10;8*1-2(3)4;2*1-5(2,3)4;;;;;;/h2*1-8H;8*1H3,(H,3,4);2*1H3,(H2,2,3,4);;;;;;/q;;;;;;;;;;;;4*+3;2*-2/p-8. The number of pyridine rings is 4. The number of rotatable bonds is 2. The molecule has 72 heavy (non-hydrogen) atoms. The fraction of sp³-hybridized carbons (Fsp3) is 0.263. The van der Waals surface area contributed by atoms with Crippen LogP contribution in [0, 0.1) is 0 Å². The van der Waals surface area contributed by atoms with Gasteiger partial charge in [-0.3, -0.25) is 39.1 Å². The van der Waals surface area contributed by atoms with Gasteiger partial charge in [-0.25, -0.2) is 0 Å². The zero-order chi connectivity index (χ0) is 54.1. The first-order valence-corrected chi connectivity index (χ1v) is 20.9. The van der Waals surface area contributed by atoms with Crippen LogP contribution in [-0.4, -0.2) is 101 Å². The zero-order valence-electron chi connectivity index (χ0n) is 39.4. The molecule has 0 fully saturated rings. The minimum atomic E-state index is -4.14. The third kappa shape index (κ3) is 218. The van der Waals surface area contributed by atoms with E-state index in [-0.39, 0.29) is 79.2 Å². The fourth-order valence-electron chi connectivity index (χ4n) is 2.06. The average molecular weight is 1230 g/mol. The molecule has 0 saturated heterocycles. The van der Waals surface area contributed by atoms with E-state index >= 15 is 0 Å². The number of hydrogen-bond donors (Lipinski definition) is 4. The molecule has 0 amide bonds. The molecule has 34 heteroatoms. The van der Waals surface area contributed by atoms with Crippen molar-refractivity contribution in [3.05, 3.63) is 97.6 Å². The Labute approximate surface area is 456 Å². The maximum atomic E-state index is 9.10. The second kappa shape index (κ2) is 69.9. The molecule has 0 unspecified atom stereocenters. The van der Waals surface area contributed by atoms with Crippen LogP contribution in [0.3, 0.4) is 0 Å². The van der Waals surface area contributed by atoms with Gasteiger partial charge in [0.25, 0.3) is 23.9 Å². The van der Waals surface area contributed by atoms with Gasteiger partial charge in [0.2, 0.25) is 0 Å². The second-order valence-corrected chi connectivity index (χ2v) is 13.5. The summed E-state index contributed by atoms with van der Waals surface area (Å²) in [4.78, 5) is 125. The van der Waals surface area contributed by atoms with Crippen molar-refractivity contribution in [2.24, 2.45) is 0 Å². The SMILES string of the molecule is CC(=O)O.CC(=O)O.CC(=O)O.CC(=O)O.CC(=O)[O-].CC(=O)[O-].CC(=O)[O-].CC(=O)[O-].CP(=O)([O-])[O-].CP(=O)([O-])[O-].[Mn+3].[Mn+3].[Mn+3].[Mn+3].[O-2].[O-2].c1ccc(-c2ccccn2)nc1.c1ccc(-c2ccccn2)nc1. The molecule has 404 valence electrons. The van der Waals surface area contributed by atoms with Crippen LogP contribution in [0.1, 0.15) is 55.4 Å². The fourth-order valence-corrected chi connectivity index (χ4v) is 2.06. The first-order chi connectivity index (χ1) is 29.8. The molecule has 4 aromatic rings. The summed E-state index contributed by atoms with van der Waals surface area (Å²) in [6, 6.07) is 23.2. The first-order valence-electron chi connectivity index (χ1n) is 16.9. The van der Waals surface area contributed by atoms with Crippen LogP contribution in [0.15, 0.2) is 97.6 Å². The van der Waals surface area contributed by atoms with Crippen molar-refractivity contribution in [3.8, 4) is 22.8 Å². The number of nitrogens with zero attached hydrogens (tertiary/aromatic N) is 4. The predicted octanol–water partition coefficient (Wildman–Crippen LogP) is -3.51. The molecule has 0 aliphatic rings. The number of aromatic nitrogens is 4. The Morgan fingerprint density at radius 2 is 0.444 bits per heavy atom. The van der Waals surface area contributed by atoms with Gasteiger partial charge in [-0.15, -0.1) is 0 Å². The Hall–Kier alpha value is -5.34. The second-order valence-electron chi connectivity index (χ2n) is 10.4. The maximum Gasteiger partial charge on any atom is 3.00 e. The van der Waals surface area contributed by atoms with Crippen molar-refractivity contribution in [2.45, 2.75) is 55.4 Å². The summed E-state index contributed by atoms with van der Waals surface area (Å²) in [5.74, 6) is -7.67. The third-order valence-corrected chi connectivity index (χ3v) is 3.18. The molecule has 0 aromatic carbocycles. The molecule has 0 atom stereocenters. The van der Waals surface area contributed by atoms with Gasteiger partial charge in [0.1, 0.15) is 0 Å². The maximum absolute atomic E-state index is 9.10. The summed E-state index contributed by atoms with van der Waals surface area (Å²) in [5, 5.41) is 65.2. The van der Waals surface area contributed by atoms with Gasteiger partial charge < -0.3 is 99.7 Å². The van der Waals surface area contributed by atoms with Crippen molar-refractivity contribution in [3.63, 3.8) is 0 Å². The molecule has 4 aromatic heterocycles. The van der Waals surface area contributed by atoms with Gasteiger partial charge in [0, 0.05) is 76.4 Å². The van der Waals surface area contributed by atoms with Crippen molar-refractivity contribution in [2.75, 3.05) is 13.3 Å². The van der Waals surface area contributed by atoms with E-state index in [2.05, 4.69) is 19.9 Å². The predicted molar refractivity (Wildman–Crippen MR) is 219 cm³/mol. The summed E-state index contributed by atoms with van der Waals surface area (Å²) in [6.07, 6.45) is 7.07. The van der Waals surface area contributed by atoms with Crippen LogP contribution in [0.4, 0.5) is 0 Å². The van der Waals surface area contributed by atoms with Gasteiger partial charge in [0.05, 0.1) is 22.8 Å². The number of carboxylic acids is 8. The number of carbonyl (C=O) groups is 8. The van der Waals surface area contributed by atoms with Gasteiger partial charge >= 0.3 is 68.3 Å². The summed E-state index contributed by atoms with van der Waals surface area (Å²) in [6.45, 7) is 9.49. The van der Waals surface area contributed by atoms with E-state index < -0.39 is 62.9 Å². The van der Waals surface area contributed by atoms with Crippen LogP contribution in [0.5, 0.6) is 0 Å². The van der Waals surface area contributed by atoms with Crippen LogP contribution in [0.25, 0.3) is 22.8 Å². The minimum absolute atomic E-state index is 0.